The lowest BCUT2D eigenvalue weighted by Gasteiger charge is -2.20. The monoisotopic (exact) mass is 798 g/mol. The summed E-state index contributed by atoms with van der Waals surface area (Å²) in [5, 5.41) is 8.86. The molecule has 0 aromatic carbocycles. The Labute approximate surface area is 333 Å². The summed E-state index contributed by atoms with van der Waals surface area (Å²) in [4.78, 5) is 45.7. The first-order valence-electron chi connectivity index (χ1n) is 21.2. The molecule has 0 aliphatic carbocycles. The molecule has 318 valence electrons. The number of rotatable bonds is 39. The Morgan fingerprint density at radius 2 is 1.02 bits per heavy atom. The third-order valence-corrected chi connectivity index (χ3v) is 9.79. The number of aliphatic carboxylic acids is 1. The number of allylic oxidation sites excluding steroid dienone is 8. The highest BCUT2D eigenvalue weighted by molar-refractivity contribution is 7.47. The number of hydrogen-bond acceptors (Lipinski definition) is 9. The molecule has 4 N–H and O–H groups in total. The van der Waals surface area contributed by atoms with Crippen LogP contribution < -0.4 is 5.73 Å². The molecule has 3 unspecified atom stereocenters. The van der Waals surface area contributed by atoms with Gasteiger partial charge in [0.05, 0.1) is 13.2 Å². The van der Waals surface area contributed by atoms with Crippen molar-refractivity contribution in [1.82, 2.24) is 0 Å². The first-order chi connectivity index (χ1) is 26.6. The maximum absolute atomic E-state index is 12.6. The van der Waals surface area contributed by atoms with Gasteiger partial charge in [0.25, 0.3) is 0 Å². The maximum Gasteiger partial charge on any atom is 0.472 e. The van der Waals surface area contributed by atoms with E-state index >= 15 is 0 Å². The van der Waals surface area contributed by atoms with Gasteiger partial charge in [-0.1, -0.05) is 159 Å². The van der Waals surface area contributed by atoms with Crippen molar-refractivity contribution in [3.05, 3.63) is 48.6 Å². The molecule has 0 bridgehead atoms. The number of carbonyl (C=O) groups excluding carboxylic acids is 2. The third kappa shape index (κ3) is 38.1. The van der Waals surface area contributed by atoms with Gasteiger partial charge in [0.1, 0.15) is 12.6 Å². The minimum absolute atomic E-state index is 0.155. The van der Waals surface area contributed by atoms with Crippen molar-refractivity contribution in [2.45, 2.75) is 187 Å². The molecular weight excluding hydrogens is 721 g/mol. The van der Waals surface area contributed by atoms with E-state index in [2.05, 4.69) is 67.0 Å². The van der Waals surface area contributed by atoms with Crippen molar-refractivity contribution in [3.63, 3.8) is 0 Å². The van der Waals surface area contributed by atoms with Crippen LogP contribution in [0.4, 0.5) is 0 Å². The van der Waals surface area contributed by atoms with Crippen LogP contribution in [0.25, 0.3) is 0 Å². The number of esters is 2. The van der Waals surface area contributed by atoms with Crippen LogP contribution in [0.15, 0.2) is 48.6 Å². The summed E-state index contributed by atoms with van der Waals surface area (Å²) in [6, 6.07) is -1.52. The summed E-state index contributed by atoms with van der Waals surface area (Å²) >= 11 is 0. The van der Waals surface area contributed by atoms with Crippen molar-refractivity contribution >= 4 is 25.7 Å². The van der Waals surface area contributed by atoms with Crippen molar-refractivity contribution < 1.29 is 47.5 Å². The number of carbonyl (C=O) groups is 3. The number of hydrogen-bond donors (Lipinski definition) is 3. The highest BCUT2D eigenvalue weighted by Crippen LogP contribution is 2.43. The Balaban J connectivity index is 4.24. The van der Waals surface area contributed by atoms with E-state index in [1.807, 2.05) is 0 Å². The van der Waals surface area contributed by atoms with Crippen LogP contribution in [0.5, 0.6) is 0 Å². The average molecular weight is 798 g/mol. The molecule has 3 atom stereocenters. The molecule has 0 spiro atoms. The minimum Gasteiger partial charge on any atom is -0.480 e. The van der Waals surface area contributed by atoms with Crippen LogP contribution in [0.3, 0.4) is 0 Å². The fourth-order valence-corrected chi connectivity index (χ4v) is 6.30. The topological polar surface area (TPSA) is 172 Å². The van der Waals surface area contributed by atoms with Crippen LogP contribution >= 0.6 is 7.82 Å². The van der Waals surface area contributed by atoms with Gasteiger partial charge in [-0.2, -0.15) is 0 Å². The van der Waals surface area contributed by atoms with Gasteiger partial charge in [0.2, 0.25) is 0 Å². The molecule has 0 fully saturated rings. The third-order valence-electron chi connectivity index (χ3n) is 8.84. The Bertz CT molecular complexity index is 1120. The second kappa shape index (κ2) is 38.3. The molecule has 0 aromatic heterocycles. The molecule has 0 amide bonds. The number of unbranched alkanes of at least 4 members (excludes halogenated alkanes) is 17. The van der Waals surface area contributed by atoms with Crippen LogP contribution in [-0.2, 0) is 37.5 Å². The van der Waals surface area contributed by atoms with E-state index in [1.54, 1.807) is 0 Å². The van der Waals surface area contributed by atoms with Gasteiger partial charge >= 0.3 is 25.7 Å². The second-order valence-corrected chi connectivity index (χ2v) is 15.6. The van der Waals surface area contributed by atoms with Crippen LogP contribution in [-0.4, -0.2) is 59.9 Å². The highest BCUT2D eigenvalue weighted by Gasteiger charge is 2.28. The van der Waals surface area contributed by atoms with Crippen LogP contribution in [0.2, 0.25) is 0 Å². The zero-order chi connectivity index (χ0) is 40.7. The quantitative estimate of drug-likeness (QED) is 0.0234. The Morgan fingerprint density at radius 3 is 1.53 bits per heavy atom. The van der Waals surface area contributed by atoms with Crippen molar-refractivity contribution in [3.8, 4) is 0 Å². The molecule has 12 heteroatoms. The lowest BCUT2D eigenvalue weighted by molar-refractivity contribution is -0.161. The molecular formula is C43H76NO10P. The van der Waals surface area contributed by atoms with E-state index in [0.717, 1.165) is 70.6 Å². The van der Waals surface area contributed by atoms with Crippen molar-refractivity contribution in [2.24, 2.45) is 5.73 Å². The van der Waals surface area contributed by atoms with E-state index in [0.29, 0.717) is 12.8 Å². The Kier molecular flexibility index (Phi) is 36.5. The van der Waals surface area contributed by atoms with Gasteiger partial charge in [0, 0.05) is 12.8 Å². The van der Waals surface area contributed by atoms with Gasteiger partial charge in [-0.3, -0.25) is 23.4 Å². The normalized spacial score (nSPS) is 14.3. The van der Waals surface area contributed by atoms with Gasteiger partial charge < -0.3 is 25.2 Å². The molecule has 0 saturated carbocycles. The number of ether oxygens (including phenoxy) is 2. The molecule has 0 heterocycles. The zero-order valence-electron chi connectivity index (χ0n) is 34.3. The first-order valence-corrected chi connectivity index (χ1v) is 22.7. The lowest BCUT2D eigenvalue weighted by atomic mass is 10.0. The summed E-state index contributed by atoms with van der Waals surface area (Å²) in [6.45, 7) is 2.64. The van der Waals surface area contributed by atoms with E-state index < -0.39 is 51.1 Å². The van der Waals surface area contributed by atoms with Crippen LogP contribution in [0, 0.1) is 0 Å². The molecule has 11 nitrogen and oxygen atoms in total. The Morgan fingerprint density at radius 1 is 0.582 bits per heavy atom. The molecule has 55 heavy (non-hydrogen) atoms. The molecule has 0 aliphatic rings. The highest BCUT2D eigenvalue weighted by atomic mass is 31.2. The number of phosphoric ester groups is 1. The second-order valence-electron chi connectivity index (χ2n) is 14.1. The molecule has 0 radical (unpaired) electrons. The Hall–Kier alpha value is -2.56. The van der Waals surface area contributed by atoms with Crippen molar-refractivity contribution in [1.29, 1.82) is 0 Å². The summed E-state index contributed by atoms with van der Waals surface area (Å²) in [5.74, 6) is -2.39. The summed E-state index contributed by atoms with van der Waals surface area (Å²) in [6.07, 6.45) is 42.0. The number of phosphoric acid groups is 1. The molecule has 0 saturated heterocycles. The van der Waals surface area contributed by atoms with Gasteiger partial charge in [-0.05, 0) is 51.4 Å². The van der Waals surface area contributed by atoms with E-state index in [1.165, 1.54) is 64.2 Å². The predicted octanol–water partition coefficient (Wildman–Crippen LogP) is 11.0. The minimum atomic E-state index is -4.71. The standard InChI is InChI=1S/C43H76NO10P/c1-3-5-7-9-11-13-14-15-16-17-18-19-20-21-22-23-24-25-26-27-29-31-33-35-42(46)54-39(37-52-55(49,50)53-38-40(44)43(47)48)36-51-41(45)34-32-30-28-12-10-8-6-4-2/h5,7,11,13,15-16,18-19,39-40H,3-4,6,8-10,12,14,17,20-38,44H2,1-2H3,(H,47,48)(H,49,50)/b7-5-,13-11-,16-15-,19-18-. The zero-order valence-corrected chi connectivity index (χ0v) is 35.2. The maximum atomic E-state index is 12.6. The predicted molar refractivity (Wildman–Crippen MR) is 222 cm³/mol. The lowest BCUT2D eigenvalue weighted by Crippen LogP contribution is -2.34. The molecule has 0 aliphatic heterocycles. The van der Waals surface area contributed by atoms with Crippen molar-refractivity contribution in [2.75, 3.05) is 19.8 Å². The molecule has 0 aromatic rings. The van der Waals surface area contributed by atoms with Gasteiger partial charge in [-0.25, -0.2) is 4.57 Å². The van der Waals surface area contributed by atoms with Gasteiger partial charge in [-0.15, -0.1) is 0 Å². The summed E-state index contributed by atoms with van der Waals surface area (Å²) < 4.78 is 32.6. The smallest absolute Gasteiger partial charge is 0.472 e. The summed E-state index contributed by atoms with van der Waals surface area (Å²) in [5.41, 5.74) is 5.32. The van der Waals surface area contributed by atoms with E-state index in [4.69, 9.17) is 24.8 Å². The number of nitrogens with two attached hydrogens (primary N) is 1. The summed E-state index contributed by atoms with van der Waals surface area (Å²) in [7, 11) is -4.71. The fourth-order valence-electron chi connectivity index (χ4n) is 5.53. The fraction of sp³-hybridized carbons (Fsp3) is 0.744. The van der Waals surface area contributed by atoms with Gasteiger partial charge in [0.15, 0.2) is 6.10 Å². The van der Waals surface area contributed by atoms with E-state index in [-0.39, 0.29) is 19.4 Å². The van der Waals surface area contributed by atoms with E-state index in [9.17, 15) is 23.8 Å². The van der Waals surface area contributed by atoms with Crippen LogP contribution in [0.1, 0.15) is 174 Å². The SMILES string of the molecule is CC/C=C\C/C=C\C/C=C\C/C=C\CCCCCCCCCCCCC(=O)OC(COC(=O)CCCCCCCCCC)COP(=O)(O)OCC(N)C(=O)O. The first kappa shape index (κ1) is 52.4. The average Bonchev–Trinajstić information content (AvgIpc) is 3.16. The number of carboxylic acid groups (broad SMARTS) is 1. The molecule has 0 rings (SSSR count). The largest absolute Gasteiger partial charge is 0.480 e. The number of carboxylic acids is 1.